The van der Waals surface area contributed by atoms with Crippen molar-refractivity contribution in [2.45, 2.75) is 34.6 Å². The third-order valence-corrected chi connectivity index (χ3v) is 3.84. The Bertz CT molecular complexity index is 507. The van der Waals surface area contributed by atoms with Crippen LogP contribution in [0.1, 0.15) is 50.7 Å². The largest absolute Gasteiger partial charge is 0.350 e. The second kappa shape index (κ2) is 5.40. The number of hydrogen-bond donors (Lipinski definition) is 1. The molecule has 102 valence electrons. The van der Waals surface area contributed by atoms with Crippen LogP contribution < -0.4 is 5.32 Å². The Hall–Kier alpha value is -1.89. The van der Waals surface area contributed by atoms with Crippen molar-refractivity contribution in [2.24, 2.45) is 10.8 Å². The molecule has 0 atom stereocenters. The molecule has 1 aromatic rings. The fourth-order valence-corrected chi connectivity index (χ4v) is 1.28. The van der Waals surface area contributed by atoms with Crippen LogP contribution in [0.2, 0.25) is 0 Å². The standard InChI is InChI=1S/C15H21N3O/c1-14(2,3)15(4,5)10-18-13(19)12-8-11(9-16)6-7-17-12/h6-8H,10H2,1-5H3,(H,18,19). The Morgan fingerprint density at radius 3 is 2.53 bits per heavy atom. The minimum absolute atomic E-state index is 0.0322. The summed E-state index contributed by atoms with van der Waals surface area (Å²) in [5, 5.41) is 11.7. The second-order valence-corrected chi connectivity index (χ2v) is 6.36. The van der Waals surface area contributed by atoms with Gasteiger partial charge in [-0.25, -0.2) is 0 Å². The fourth-order valence-electron chi connectivity index (χ4n) is 1.28. The predicted molar refractivity (Wildman–Crippen MR) is 74.5 cm³/mol. The van der Waals surface area contributed by atoms with Crippen molar-refractivity contribution in [3.8, 4) is 6.07 Å². The van der Waals surface area contributed by atoms with Gasteiger partial charge in [0.15, 0.2) is 0 Å². The van der Waals surface area contributed by atoms with Crippen molar-refractivity contribution in [1.29, 1.82) is 5.26 Å². The summed E-state index contributed by atoms with van der Waals surface area (Å²) in [5.41, 5.74) is 0.775. The van der Waals surface area contributed by atoms with Gasteiger partial charge in [0.2, 0.25) is 0 Å². The Labute approximate surface area is 114 Å². The van der Waals surface area contributed by atoms with Gasteiger partial charge in [0, 0.05) is 12.7 Å². The molecule has 4 nitrogen and oxygen atoms in total. The maximum absolute atomic E-state index is 12.0. The van der Waals surface area contributed by atoms with Crippen LogP contribution in [0.5, 0.6) is 0 Å². The van der Waals surface area contributed by atoms with E-state index in [1.807, 2.05) is 6.07 Å². The van der Waals surface area contributed by atoms with Crippen LogP contribution in [-0.2, 0) is 0 Å². The number of pyridine rings is 1. The first kappa shape index (κ1) is 15.2. The average Bonchev–Trinajstić information content (AvgIpc) is 2.34. The minimum atomic E-state index is -0.241. The van der Waals surface area contributed by atoms with E-state index in [1.54, 1.807) is 6.07 Å². The second-order valence-electron chi connectivity index (χ2n) is 6.36. The number of amides is 1. The van der Waals surface area contributed by atoms with E-state index in [4.69, 9.17) is 5.26 Å². The normalized spacial score (nSPS) is 11.8. The van der Waals surface area contributed by atoms with Crippen LogP contribution in [0.15, 0.2) is 18.3 Å². The third kappa shape index (κ3) is 3.78. The zero-order chi connectivity index (χ0) is 14.7. The molecule has 0 saturated heterocycles. The number of rotatable bonds is 3. The van der Waals surface area contributed by atoms with Crippen molar-refractivity contribution >= 4 is 5.91 Å². The van der Waals surface area contributed by atoms with E-state index >= 15 is 0 Å². The molecule has 0 fully saturated rings. The lowest BCUT2D eigenvalue weighted by molar-refractivity contribution is 0.0863. The minimum Gasteiger partial charge on any atom is -0.350 e. The van der Waals surface area contributed by atoms with Crippen LogP contribution in [-0.4, -0.2) is 17.4 Å². The topological polar surface area (TPSA) is 65.8 Å². The average molecular weight is 259 g/mol. The van der Waals surface area contributed by atoms with Crippen LogP contribution in [0.4, 0.5) is 0 Å². The van der Waals surface area contributed by atoms with Gasteiger partial charge in [-0.15, -0.1) is 0 Å². The maximum atomic E-state index is 12.0. The molecule has 0 bridgehead atoms. The Kier molecular flexibility index (Phi) is 4.31. The Morgan fingerprint density at radius 2 is 2.00 bits per heavy atom. The van der Waals surface area contributed by atoms with E-state index in [0.29, 0.717) is 12.1 Å². The van der Waals surface area contributed by atoms with Gasteiger partial charge in [-0.05, 0) is 23.0 Å². The Balaban J connectivity index is 2.74. The molecule has 4 heteroatoms. The summed E-state index contributed by atoms with van der Waals surface area (Å²) >= 11 is 0. The van der Waals surface area contributed by atoms with E-state index in [9.17, 15) is 4.79 Å². The number of nitrogens with one attached hydrogen (secondary N) is 1. The monoisotopic (exact) mass is 259 g/mol. The number of nitrogens with zero attached hydrogens (tertiary/aromatic N) is 2. The molecule has 19 heavy (non-hydrogen) atoms. The predicted octanol–water partition coefficient (Wildman–Crippen LogP) is 2.76. The number of nitriles is 1. The van der Waals surface area contributed by atoms with Crippen molar-refractivity contribution in [1.82, 2.24) is 10.3 Å². The first-order valence-corrected chi connectivity index (χ1v) is 6.32. The molecule has 1 heterocycles. The highest BCUT2D eigenvalue weighted by Crippen LogP contribution is 2.36. The summed E-state index contributed by atoms with van der Waals surface area (Å²) in [6.07, 6.45) is 1.47. The lowest BCUT2D eigenvalue weighted by atomic mass is 9.69. The summed E-state index contributed by atoms with van der Waals surface area (Å²) in [6, 6.07) is 5.08. The molecular weight excluding hydrogens is 238 g/mol. The van der Waals surface area contributed by atoms with Gasteiger partial charge in [-0.1, -0.05) is 34.6 Å². The highest BCUT2D eigenvalue weighted by Gasteiger charge is 2.33. The fraction of sp³-hybridized carbons (Fsp3) is 0.533. The molecule has 0 aliphatic carbocycles. The lowest BCUT2D eigenvalue weighted by Gasteiger charge is -2.38. The Morgan fingerprint density at radius 1 is 1.37 bits per heavy atom. The number of carbonyl (C=O) groups excluding carboxylic acids is 1. The molecule has 0 spiro atoms. The summed E-state index contributed by atoms with van der Waals surface area (Å²) in [6.45, 7) is 11.2. The number of hydrogen-bond acceptors (Lipinski definition) is 3. The summed E-state index contributed by atoms with van der Waals surface area (Å²) in [5.74, 6) is -0.241. The first-order valence-electron chi connectivity index (χ1n) is 6.32. The van der Waals surface area contributed by atoms with E-state index in [1.165, 1.54) is 12.3 Å². The number of aromatic nitrogens is 1. The van der Waals surface area contributed by atoms with E-state index in [0.717, 1.165) is 0 Å². The zero-order valence-electron chi connectivity index (χ0n) is 12.2. The van der Waals surface area contributed by atoms with E-state index < -0.39 is 0 Å². The molecule has 1 N–H and O–H groups in total. The van der Waals surface area contributed by atoms with Gasteiger partial charge < -0.3 is 5.32 Å². The van der Waals surface area contributed by atoms with E-state index in [-0.39, 0.29) is 22.4 Å². The number of carbonyl (C=O) groups is 1. The van der Waals surface area contributed by atoms with Crippen LogP contribution in [0.25, 0.3) is 0 Å². The van der Waals surface area contributed by atoms with E-state index in [2.05, 4.69) is 44.9 Å². The first-order chi connectivity index (χ1) is 8.67. The molecule has 0 unspecified atom stereocenters. The molecule has 1 aromatic heterocycles. The molecular formula is C15H21N3O. The molecule has 1 rings (SSSR count). The molecule has 0 radical (unpaired) electrons. The summed E-state index contributed by atoms with van der Waals surface area (Å²) < 4.78 is 0. The van der Waals surface area contributed by atoms with Crippen LogP contribution >= 0.6 is 0 Å². The molecule has 0 aromatic carbocycles. The van der Waals surface area contributed by atoms with Crippen molar-refractivity contribution in [2.75, 3.05) is 6.54 Å². The highest BCUT2D eigenvalue weighted by atomic mass is 16.1. The van der Waals surface area contributed by atoms with Crippen LogP contribution in [0, 0.1) is 22.2 Å². The molecule has 0 saturated carbocycles. The van der Waals surface area contributed by atoms with Gasteiger partial charge in [0.25, 0.3) is 5.91 Å². The van der Waals surface area contributed by atoms with Gasteiger partial charge in [-0.3, -0.25) is 9.78 Å². The van der Waals surface area contributed by atoms with Gasteiger partial charge in [0.1, 0.15) is 5.69 Å². The molecule has 0 aliphatic heterocycles. The quantitative estimate of drug-likeness (QED) is 0.907. The van der Waals surface area contributed by atoms with Crippen molar-refractivity contribution < 1.29 is 4.79 Å². The highest BCUT2D eigenvalue weighted by molar-refractivity contribution is 5.92. The third-order valence-electron chi connectivity index (χ3n) is 3.84. The lowest BCUT2D eigenvalue weighted by Crippen LogP contribution is -2.41. The zero-order valence-corrected chi connectivity index (χ0v) is 12.2. The van der Waals surface area contributed by atoms with Crippen molar-refractivity contribution in [3.05, 3.63) is 29.6 Å². The maximum Gasteiger partial charge on any atom is 0.269 e. The van der Waals surface area contributed by atoms with Crippen LogP contribution in [0.3, 0.4) is 0 Å². The smallest absolute Gasteiger partial charge is 0.269 e. The molecule has 1 amide bonds. The van der Waals surface area contributed by atoms with Gasteiger partial charge >= 0.3 is 0 Å². The summed E-state index contributed by atoms with van der Waals surface area (Å²) in [7, 11) is 0. The van der Waals surface area contributed by atoms with Gasteiger partial charge in [0.05, 0.1) is 11.6 Å². The SMILES string of the molecule is CC(C)(C)C(C)(C)CNC(=O)c1cc(C#N)ccn1. The van der Waals surface area contributed by atoms with Gasteiger partial charge in [-0.2, -0.15) is 5.26 Å². The van der Waals surface area contributed by atoms with Crippen molar-refractivity contribution in [3.63, 3.8) is 0 Å². The molecule has 0 aliphatic rings. The summed E-state index contributed by atoms with van der Waals surface area (Å²) in [4.78, 5) is 16.0.